The van der Waals surface area contributed by atoms with Gasteiger partial charge >= 0.3 is 0 Å². The van der Waals surface area contributed by atoms with Crippen LogP contribution in [0.1, 0.15) is 12.5 Å². The van der Waals surface area contributed by atoms with Gasteiger partial charge in [-0.2, -0.15) is 0 Å². The molecule has 0 bridgehead atoms. The van der Waals surface area contributed by atoms with E-state index in [0.29, 0.717) is 39.4 Å². The predicted molar refractivity (Wildman–Crippen MR) is 87.4 cm³/mol. The minimum Gasteiger partial charge on any atom is -0.378 e. The van der Waals surface area contributed by atoms with E-state index in [0.717, 1.165) is 12.1 Å². The van der Waals surface area contributed by atoms with Crippen molar-refractivity contribution in [2.45, 2.75) is 19.4 Å². The van der Waals surface area contributed by atoms with Gasteiger partial charge in [0.2, 0.25) is 11.8 Å². The molecule has 6 nitrogen and oxygen atoms in total. The molecule has 1 aromatic rings. The molecule has 124 valence electrons. The van der Waals surface area contributed by atoms with Gasteiger partial charge in [0.1, 0.15) is 0 Å². The maximum absolute atomic E-state index is 12.5. The summed E-state index contributed by atoms with van der Waals surface area (Å²) in [5.41, 5.74) is 2.27. The summed E-state index contributed by atoms with van der Waals surface area (Å²) in [6, 6.07) is 8.14. The number of carbonyl (C=O) groups excluding carboxylic acids is 2. The number of hydrogen-bond donors (Lipinski definition) is 1. The highest BCUT2D eigenvalue weighted by atomic mass is 16.5. The normalized spacial score (nSPS) is 20.8. The summed E-state index contributed by atoms with van der Waals surface area (Å²) >= 11 is 0. The quantitative estimate of drug-likeness (QED) is 0.877. The highest BCUT2D eigenvalue weighted by Crippen LogP contribution is 2.26. The van der Waals surface area contributed by atoms with Gasteiger partial charge in [0.25, 0.3) is 0 Å². The summed E-state index contributed by atoms with van der Waals surface area (Å²) in [4.78, 5) is 27.9. The van der Waals surface area contributed by atoms with Crippen molar-refractivity contribution < 1.29 is 14.3 Å². The highest BCUT2D eigenvalue weighted by Gasteiger charge is 2.27. The molecule has 1 aromatic carbocycles. The Kier molecular flexibility index (Phi) is 4.81. The standard InChI is InChI=1S/C17H23N3O3/c1-13(21)18-15-10-14-4-2-3-5-16(14)20(11-15)12-17(22)19-6-8-23-9-7-19/h2-5,15H,6-12H2,1H3,(H,18,21). The summed E-state index contributed by atoms with van der Waals surface area (Å²) in [5, 5.41) is 2.98. The molecule has 0 radical (unpaired) electrons. The van der Waals surface area contributed by atoms with Crippen LogP contribution in [-0.4, -0.2) is 62.1 Å². The number of carbonyl (C=O) groups is 2. The predicted octanol–water partition coefficient (Wildman–Crippen LogP) is 0.413. The van der Waals surface area contributed by atoms with Crippen LogP contribution in [0.25, 0.3) is 0 Å². The first-order chi connectivity index (χ1) is 11.1. The van der Waals surface area contributed by atoms with E-state index in [1.54, 1.807) is 0 Å². The van der Waals surface area contributed by atoms with Crippen LogP contribution in [0.4, 0.5) is 5.69 Å². The Morgan fingerprint density at radius 2 is 2.00 bits per heavy atom. The number of rotatable bonds is 3. The molecule has 2 heterocycles. The Morgan fingerprint density at radius 1 is 1.26 bits per heavy atom. The van der Waals surface area contributed by atoms with Crippen LogP contribution in [0, 0.1) is 0 Å². The molecule has 3 rings (SSSR count). The molecule has 0 spiro atoms. The molecular formula is C17H23N3O3. The minimum atomic E-state index is -0.0335. The van der Waals surface area contributed by atoms with Gasteiger partial charge in [-0.25, -0.2) is 0 Å². The number of benzene rings is 1. The zero-order valence-electron chi connectivity index (χ0n) is 13.5. The van der Waals surface area contributed by atoms with E-state index < -0.39 is 0 Å². The lowest BCUT2D eigenvalue weighted by molar-refractivity contribution is -0.133. The monoisotopic (exact) mass is 317 g/mol. The van der Waals surface area contributed by atoms with Gasteiger partial charge < -0.3 is 19.9 Å². The second-order valence-corrected chi connectivity index (χ2v) is 6.10. The summed E-state index contributed by atoms with van der Waals surface area (Å²) in [6.45, 7) is 5.06. The first-order valence-corrected chi connectivity index (χ1v) is 8.09. The Bertz CT molecular complexity index is 584. The lowest BCUT2D eigenvalue weighted by atomic mass is 9.97. The minimum absolute atomic E-state index is 0.0335. The molecule has 23 heavy (non-hydrogen) atoms. The number of ether oxygens (including phenoxy) is 1. The van der Waals surface area contributed by atoms with Crippen molar-refractivity contribution in [2.75, 3.05) is 44.3 Å². The van der Waals surface area contributed by atoms with E-state index in [4.69, 9.17) is 4.74 Å². The first kappa shape index (κ1) is 15.8. The van der Waals surface area contributed by atoms with Crippen LogP contribution >= 0.6 is 0 Å². The molecule has 0 aliphatic carbocycles. The average molecular weight is 317 g/mol. The molecule has 0 aromatic heterocycles. The zero-order chi connectivity index (χ0) is 16.2. The molecular weight excluding hydrogens is 294 g/mol. The van der Waals surface area contributed by atoms with Crippen molar-refractivity contribution >= 4 is 17.5 Å². The van der Waals surface area contributed by atoms with E-state index in [1.807, 2.05) is 23.1 Å². The van der Waals surface area contributed by atoms with Crippen molar-refractivity contribution in [3.8, 4) is 0 Å². The fourth-order valence-corrected chi connectivity index (χ4v) is 3.30. The maximum atomic E-state index is 12.5. The van der Waals surface area contributed by atoms with Crippen LogP contribution in [0.15, 0.2) is 24.3 Å². The number of fused-ring (bicyclic) bond motifs is 1. The van der Waals surface area contributed by atoms with Crippen LogP contribution in [0.3, 0.4) is 0 Å². The molecule has 1 N–H and O–H groups in total. The first-order valence-electron chi connectivity index (χ1n) is 8.09. The molecule has 1 atom stereocenters. The summed E-state index contributed by atoms with van der Waals surface area (Å²) in [7, 11) is 0. The third-order valence-electron chi connectivity index (χ3n) is 4.34. The molecule has 6 heteroatoms. The average Bonchev–Trinajstić information content (AvgIpc) is 2.55. The number of anilines is 1. The third-order valence-corrected chi connectivity index (χ3v) is 4.34. The van der Waals surface area contributed by atoms with Gasteiger partial charge in [-0.3, -0.25) is 9.59 Å². The van der Waals surface area contributed by atoms with Gasteiger partial charge in [-0.15, -0.1) is 0 Å². The Balaban J connectivity index is 1.73. The van der Waals surface area contributed by atoms with Crippen molar-refractivity contribution in [1.82, 2.24) is 10.2 Å². The van der Waals surface area contributed by atoms with Crippen LogP contribution in [-0.2, 0) is 20.7 Å². The van der Waals surface area contributed by atoms with E-state index >= 15 is 0 Å². The van der Waals surface area contributed by atoms with E-state index in [9.17, 15) is 9.59 Å². The lowest BCUT2D eigenvalue weighted by Gasteiger charge is -2.37. The SMILES string of the molecule is CC(=O)NC1Cc2ccccc2N(CC(=O)N2CCOCC2)C1. The second-order valence-electron chi connectivity index (χ2n) is 6.10. The lowest BCUT2D eigenvalue weighted by Crippen LogP contribution is -2.52. The second kappa shape index (κ2) is 7.00. The van der Waals surface area contributed by atoms with Crippen LogP contribution in [0.2, 0.25) is 0 Å². The third kappa shape index (κ3) is 3.82. The summed E-state index contributed by atoms with van der Waals surface area (Å²) in [6.07, 6.45) is 0.804. The smallest absolute Gasteiger partial charge is 0.242 e. The Morgan fingerprint density at radius 3 is 2.74 bits per heavy atom. The van der Waals surface area contributed by atoms with Gasteiger partial charge in [0.05, 0.1) is 25.8 Å². The topological polar surface area (TPSA) is 61.9 Å². The van der Waals surface area contributed by atoms with Crippen molar-refractivity contribution in [1.29, 1.82) is 0 Å². The number of para-hydroxylation sites is 1. The van der Waals surface area contributed by atoms with Gasteiger partial charge in [-0.05, 0) is 18.1 Å². The van der Waals surface area contributed by atoms with Crippen LogP contribution < -0.4 is 10.2 Å². The van der Waals surface area contributed by atoms with E-state index in [2.05, 4.69) is 16.3 Å². The van der Waals surface area contributed by atoms with Gasteiger partial charge in [0, 0.05) is 32.2 Å². The summed E-state index contributed by atoms with van der Waals surface area (Å²) < 4.78 is 5.30. The Labute approximate surface area is 136 Å². The number of nitrogens with zero attached hydrogens (tertiary/aromatic N) is 2. The molecule has 1 fully saturated rings. The Hall–Kier alpha value is -2.08. The molecule has 2 amide bonds. The van der Waals surface area contributed by atoms with Crippen molar-refractivity contribution in [3.05, 3.63) is 29.8 Å². The molecule has 2 aliphatic heterocycles. The molecule has 1 unspecified atom stereocenters. The summed E-state index contributed by atoms with van der Waals surface area (Å²) in [5.74, 6) is 0.0837. The van der Waals surface area contributed by atoms with Crippen molar-refractivity contribution in [3.63, 3.8) is 0 Å². The fraction of sp³-hybridized carbons (Fsp3) is 0.529. The highest BCUT2D eigenvalue weighted by molar-refractivity contribution is 5.82. The number of morpholine rings is 1. The number of nitrogens with one attached hydrogen (secondary N) is 1. The number of amides is 2. The largest absolute Gasteiger partial charge is 0.378 e. The number of hydrogen-bond acceptors (Lipinski definition) is 4. The van der Waals surface area contributed by atoms with Gasteiger partial charge in [0.15, 0.2) is 0 Å². The van der Waals surface area contributed by atoms with E-state index in [1.165, 1.54) is 12.5 Å². The van der Waals surface area contributed by atoms with Crippen molar-refractivity contribution in [2.24, 2.45) is 0 Å². The molecule has 2 aliphatic rings. The molecule has 1 saturated heterocycles. The zero-order valence-corrected chi connectivity index (χ0v) is 13.5. The van der Waals surface area contributed by atoms with E-state index in [-0.39, 0.29) is 17.9 Å². The van der Waals surface area contributed by atoms with Crippen LogP contribution in [0.5, 0.6) is 0 Å². The maximum Gasteiger partial charge on any atom is 0.242 e. The van der Waals surface area contributed by atoms with Gasteiger partial charge in [-0.1, -0.05) is 18.2 Å². The molecule has 0 saturated carbocycles. The fourth-order valence-electron chi connectivity index (χ4n) is 3.30.